The van der Waals surface area contributed by atoms with Crippen molar-refractivity contribution < 1.29 is 10.2 Å². The largest absolute Gasteiger partial charge is 0.393 e. The fourth-order valence-corrected chi connectivity index (χ4v) is 2.38. The molecule has 2 N–H and O–H groups in total. The van der Waals surface area contributed by atoms with E-state index in [9.17, 15) is 10.2 Å². The second kappa shape index (κ2) is 3.58. The molecule has 1 fully saturated rings. The maximum atomic E-state index is 10.1. The molecule has 0 aliphatic heterocycles. The average molecular weight is 186 g/mol. The minimum absolute atomic E-state index is 0.0809. The molecule has 0 bridgehead atoms. The molecular weight excluding hydrogens is 164 g/mol. The lowest BCUT2D eigenvalue weighted by Crippen LogP contribution is -2.41. The van der Waals surface area contributed by atoms with E-state index < -0.39 is 5.60 Å². The predicted octanol–water partition coefficient (Wildman–Crippen LogP) is 2.09. The monoisotopic (exact) mass is 186 g/mol. The minimum atomic E-state index is -0.580. The van der Waals surface area contributed by atoms with Crippen LogP contribution in [0.15, 0.2) is 0 Å². The zero-order valence-corrected chi connectivity index (χ0v) is 9.01. The van der Waals surface area contributed by atoms with Gasteiger partial charge in [-0.15, -0.1) is 0 Å². The highest BCUT2D eigenvalue weighted by molar-refractivity contribution is 4.99. The predicted molar refractivity (Wildman–Crippen MR) is 53.5 cm³/mol. The Morgan fingerprint density at radius 1 is 1.31 bits per heavy atom. The van der Waals surface area contributed by atoms with Crippen LogP contribution in [-0.4, -0.2) is 21.9 Å². The number of hydrogen-bond acceptors (Lipinski definition) is 2. The fraction of sp³-hybridized carbons (Fsp3) is 1.00. The first kappa shape index (κ1) is 11.0. The minimum Gasteiger partial charge on any atom is -0.393 e. The Kier molecular flexibility index (Phi) is 3.03. The van der Waals surface area contributed by atoms with E-state index >= 15 is 0 Å². The lowest BCUT2D eigenvalue weighted by molar-refractivity contribution is -0.0598. The van der Waals surface area contributed by atoms with Crippen molar-refractivity contribution in [1.82, 2.24) is 0 Å². The highest BCUT2D eigenvalue weighted by Gasteiger charge is 2.47. The molecule has 1 saturated carbocycles. The van der Waals surface area contributed by atoms with Crippen LogP contribution in [0.5, 0.6) is 0 Å². The Bertz CT molecular complexity index is 177. The molecule has 3 unspecified atom stereocenters. The van der Waals surface area contributed by atoms with E-state index in [2.05, 4.69) is 6.92 Å². The van der Waals surface area contributed by atoms with Gasteiger partial charge in [0.1, 0.15) is 0 Å². The topological polar surface area (TPSA) is 40.5 Å². The van der Waals surface area contributed by atoms with Crippen LogP contribution in [0.1, 0.15) is 52.9 Å². The molecule has 3 atom stereocenters. The van der Waals surface area contributed by atoms with E-state index in [0.29, 0.717) is 0 Å². The van der Waals surface area contributed by atoms with Gasteiger partial charge in [-0.2, -0.15) is 0 Å². The standard InChI is InChI=1S/C11H22O2/c1-4-9(12)8-10(2)6-5-7-11(10,3)13/h9,12-13H,4-8H2,1-3H3. The lowest BCUT2D eigenvalue weighted by Gasteiger charge is -2.38. The van der Waals surface area contributed by atoms with Gasteiger partial charge < -0.3 is 10.2 Å². The molecule has 0 aromatic carbocycles. The van der Waals surface area contributed by atoms with Crippen LogP contribution in [0.4, 0.5) is 0 Å². The van der Waals surface area contributed by atoms with Gasteiger partial charge in [0.05, 0.1) is 11.7 Å². The quantitative estimate of drug-likeness (QED) is 0.708. The zero-order chi connectivity index (χ0) is 10.1. The van der Waals surface area contributed by atoms with Crippen LogP contribution in [-0.2, 0) is 0 Å². The van der Waals surface area contributed by atoms with Crippen LogP contribution < -0.4 is 0 Å². The Morgan fingerprint density at radius 2 is 1.92 bits per heavy atom. The Labute approximate surface area is 81.0 Å². The summed E-state index contributed by atoms with van der Waals surface area (Å²) in [4.78, 5) is 0. The molecule has 13 heavy (non-hydrogen) atoms. The van der Waals surface area contributed by atoms with Gasteiger partial charge in [-0.1, -0.05) is 13.8 Å². The molecule has 0 heterocycles. The molecule has 2 heteroatoms. The fourth-order valence-electron chi connectivity index (χ4n) is 2.38. The van der Waals surface area contributed by atoms with Crippen molar-refractivity contribution in [2.75, 3.05) is 0 Å². The van der Waals surface area contributed by atoms with Gasteiger partial charge in [0, 0.05) is 0 Å². The second-order valence-corrected chi connectivity index (χ2v) is 4.95. The summed E-state index contributed by atoms with van der Waals surface area (Å²) in [6.07, 6.45) is 4.26. The van der Waals surface area contributed by atoms with Gasteiger partial charge in [-0.25, -0.2) is 0 Å². The molecule has 0 amide bonds. The number of aliphatic hydroxyl groups excluding tert-OH is 1. The maximum Gasteiger partial charge on any atom is 0.0674 e. The summed E-state index contributed by atoms with van der Waals surface area (Å²) in [7, 11) is 0. The number of rotatable bonds is 3. The summed E-state index contributed by atoms with van der Waals surface area (Å²) in [5.74, 6) is 0. The average Bonchev–Trinajstić information content (AvgIpc) is 2.26. The molecule has 0 saturated heterocycles. The highest BCUT2D eigenvalue weighted by Crippen LogP contribution is 2.49. The van der Waals surface area contributed by atoms with Crippen LogP contribution in [0.3, 0.4) is 0 Å². The Hall–Kier alpha value is -0.0800. The summed E-state index contributed by atoms with van der Waals surface area (Å²) in [6.45, 7) is 5.99. The molecule has 0 radical (unpaired) electrons. The van der Waals surface area contributed by atoms with E-state index in [1.54, 1.807) is 0 Å². The summed E-state index contributed by atoms with van der Waals surface area (Å²) in [6, 6.07) is 0. The van der Waals surface area contributed by atoms with Gasteiger partial charge in [-0.05, 0) is 44.4 Å². The third kappa shape index (κ3) is 2.05. The molecule has 1 aliphatic rings. The van der Waals surface area contributed by atoms with Crippen LogP contribution in [0.25, 0.3) is 0 Å². The Morgan fingerprint density at radius 3 is 2.31 bits per heavy atom. The summed E-state index contributed by atoms with van der Waals surface area (Å²) < 4.78 is 0. The van der Waals surface area contributed by atoms with E-state index in [0.717, 1.165) is 32.1 Å². The van der Waals surface area contributed by atoms with Gasteiger partial charge in [-0.3, -0.25) is 0 Å². The van der Waals surface area contributed by atoms with Crippen molar-refractivity contribution in [3.05, 3.63) is 0 Å². The van der Waals surface area contributed by atoms with E-state index in [4.69, 9.17) is 0 Å². The molecule has 78 valence electrons. The van der Waals surface area contributed by atoms with Crippen molar-refractivity contribution in [2.24, 2.45) is 5.41 Å². The van der Waals surface area contributed by atoms with E-state index in [1.807, 2.05) is 13.8 Å². The van der Waals surface area contributed by atoms with Gasteiger partial charge >= 0.3 is 0 Å². The van der Waals surface area contributed by atoms with Crippen molar-refractivity contribution in [1.29, 1.82) is 0 Å². The van der Waals surface area contributed by atoms with Crippen molar-refractivity contribution >= 4 is 0 Å². The Balaban J connectivity index is 2.64. The maximum absolute atomic E-state index is 10.1. The SMILES string of the molecule is CCC(O)CC1(C)CCCC1(C)O. The normalized spacial score (nSPS) is 42.2. The molecule has 1 aliphatic carbocycles. The summed E-state index contributed by atoms with van der Waals surface area (Å²) >= 11 is 0. The molecular formula is C11H22O2. The van der Waals surface area contributed by atoms with Crippen LogP contribution >= 0.6 is 0 Å². The van der Waals surface area contributed by atoms with Crippen molar-refractivity contribution in [3.8, 4) is 0 Å². The summed E-state index contributed by atoms with van der Waals surface area (Å²) in [5.41, 5.74) is -0.661. The van der Waals surface area contributed by atoms with E-state index in [1.165, 1.54) is 0 Å². The van der Waals surface area contributed by atoms with Crippen molar-refractivity contribution in [2.45, 2.75) is 64.6 Å². The van der Waals surface area contributed by atoms with Gasteiger partial charge in [0.2, 0.25) is 0 Å². The first-order valence-electron chi connectivity index (χ1n) is 5.32. The summed E-state index contributed by atoms with van der Waals surface area (Å²) in [5, 5.41) is 19.8. The number of hydrogen-bond donors (Lipinski definition) is 2. The third-order valence-corrected chi connectivity index (χ3v) is 3.85. The van der Waals surface area contributed by atoms with Crippen LogP contribution in [0.2, 0.25) is 0 Å². The molecule has 0 spiro atoms. The second-order valence-electron chi connectivity index (χ2n) is 4.95. The van der Waals surface area contributed by atoms with Gasteiger partial charge in [0.15, 0.2) is 0 Å². The first-order valence-corrected chi connectivity index (χ1v) is 5.32. The molecule has 1 rings (SSSR count). The molecule has 0 aromatic rings. The number of aliphatic hydroxyl groups is 2. The van der Waals surface area contributed by atoms with Crippen LogP contribution in [0, 0.1) is 5.41 Å². The molecule has 2 nitrogen and oxygen atoms in total. The highest BCUT2D eigenvalue weighted by atomic mass is 16.3. The van der Waals surface area contributed by atoms with E-state index in [-0.39, 0.29) is 11.5 Å². The zero-order valence-electron chi connectivity index (χ0n) is 9.01. The smallest absolute Gasteiger partial charge is 0.0674 e. The van der Waals surface area contributed by atoms with Crippen molar-refractivity contribution in [3.63, 3.8) is 0 Å². The molecule has 0 aromatic heterocycles. The van der Waals surface area contributed by atoms with Gasteiger partial charge in [0.25, 0.3) is 0 Å². The first-order chi connectivity index (χ1) is 5.91. The third-order valence-electron chi connectivity index (χ3n) is 3.85. The lowest BCUT2D eigenvalue weighted by atomic mass is 9.73.